The van der Waals surface area contributed by atoms with Gasteiger partial charge >= 0.3 is 5.97 Å². The molecule has 3 nitrogen and oxygen atoms in total. The molecule has 1 aliphatic rings. The van der Waals surface area contributed by atoms with Crippen LogP contribution in [0.25, 0.3) is 0 Å². The summed E-state index contributed by atoms with van der Waals surface area (Å²) in [6.07, 6.45) is 4.16. The van der Waals surface area contributed by atoms with Gasteiger partial charge < -0.3 is 9.47 Å². The predicted molar refractivity (Wildman–Crippen MR) is 139 cm³/mol. The van der Waals surface area contributed by atoms with E-state index in [0.717, 1.165) is 17.0 Å². The minimum atomic E-state index is -1.56. The molecular weight excluding hydrogens is 509 g/mol. The van der Waals surface area contributed by atoms with Crippen LogP contribution in [0.4, 0.5) is 13.2 Å². The molecule has 4 aromatic rings. The minimum absolute atomic E-state index is 0.0363. The Morgan fingerprint density at radius 3 is 1.87 bits per heavy atom. The van der Waals surface area contributed by atoms with E-state index in [0.29, 0.717) is 18.6 Å². The first-order chi connectivity index (χ1) is 18.4. The Morgan fingerprint density at radius 1 is 0.789 bits per heavy atom. The second-order valence-electron chi connectivity index (χ2n) is 8.75. The summed E-state index contributed by atoms with van der Waals surface area (Å²) in [4.78, 5) is 16.1. The highest BCUT2D eigenvalue weighted by Gasteiger charge is 2.37. The molecule has 7 heteroatoms. The van der Waals surface area contributed by atoms with Gasteiger partial charge in [0.05, 0.1) is 10.9 Å². The molecule has 0 aromatic heterocycles. The van der Waals surface area contributed by atoms with Crippen molar-refractivity contribution in [1.29, 1.82) is 0 Å². The Morgan fingerprint density at radius 2 is 1.34 bits per heavy atom. The Labute approximate surface area is 221 Å². The molecule has 0 amide bonds. The number of carbonyl (C=O) groups excluding carboxylic acids is 1. The standard InChI is InChI=1S/C31H24F3O3S/c32-27-19-22(20-28(33)30(27)34)31(17-7-8-18-31)37-29(35)21-36-23-13-15-26(16-14-23)38(24-9-3-1-4-10-24)25-11-5-2-6-12-25/h1-7,9-17,19-20H,8,18,21H2/q+1. The van der Waals surface area contributed by atoms with Crippen LogP contribution in [-0.2, 0) is 26.0 Å². The monoisotopic (exact) mass is 533 g/mol. The maximum Gasteiger partial charge on any atom is 0.345 e. The first-order valence-electron chi connectivity index (χ1n) is 12.1. The fourth-order valence-electron chi connectivity index (χ4n) is 4.41. The number of halogens is 3. The van der Waals surface area contributed by atoms with Crippen molar-refractivity contribution in [2.24, 2.45) is 0 Å². The lowest BCUT2D eigenvalue weighted by Crippen LogP contribution is -2.31. The summed E-state index contributed by atoms with van der Waals surface area (Å²) in [7, 11) is -0.314. The highest BCUT2D eigenvalue weighted by Crippen LogP contribution is 2.38. The average molecular weight is 534 g/mol. The van der Waals surface area contributed by atoms with Gasteiger partial charge in [0, 0.05) is 5.56 Å². The molecule has 0 bridgehead atoms. The fourth-order valence-corrected chi connectivity index (χ4v) is 6.49. The quantitative estimate of drug-likeness (QED) is 0.103. The number of esters is 1. The highest BCUT2D eigenvalue weighted by atomic mass is 32.2. The number of benzene rings is 4. The number of carbonyl (C=O) groups is 1. The van der Waals surface area contributed by atoms with Crippen molar-refractivity contribution < 1.29 is 27.4 Å². The van der Waals surface area contributed by atoms with E-state index < -0.39 is 35.6 Å². The van der Waals surface area contributed by atoms with Gasteiger partial charge in [0.1, 0.15) is 5.75 Å². The summed E-state index contributed by atoms with van der Waals surface area (Å²) in [5.41, 5.74) is -1.34. The Hall–Kier alpha value is -3.97. The molecule has 192 valence electrons. The normalized spacial score (nSPS) is 16.5. The number of rotatable bonds is 8. The van der Waals surface area contributed by atoms with Gasteiger partial charge in [-0.2, -0.15) is 0 Å². The van der Waals surface area contributed by atoms with Gasteiger partial charge in [0.15, 0.2) is 44.3 Å². The maximum atomic E-state index is 13.9. The van der Waals surface area contributed by atoms with Crippen molar-refractivity contribution in [3.8, 4) is 5.75 Å². The van der Waals surface area contributed by atoms with Gasteiger partial charge in [-0.1, -0.05) is 42.5 Å². The third kappa shape index (κ3) is 5.48. The Kier molecular flexibility index (Phi) is 7.56. The maximum absolute atomic E-state index is 13.9. The van der Waals surface area contributed by atoms with E-state index >= 15 is 0 Å². The van der Waals surface area contributed by atoms with Crippen LogP contribution in [0.2, 0.25) is 0 Å². The summed E-state index contributed by atoms with van der Waals surface area (Å²) < 4.78 is 52.5. The van der Waals surface area contributed by atoms with Crippen LogP contribution in [0.3, 0.4) is 0 Å². The van der Waals surface area contributed by atoms with Crippen molar-refractivity contribution in [2.75, 3.05) is 6.61 Å². The summed E-state index contributed by atoms with van der Waals surface area (Å²) in [6, 6.07) is 29.7. The lowest BCUT2D eigenvalue weighted by Gasteiger charge is -2.28. The van der Waals surface area contributed by atoms with E-state index in [1.165, 1.54) is 9.79 Å². The van der Waals surface area contributed by atoms with Gasteiger partial charge in [0.2, 0.25) is 0 Å². The zero-order valence-electron chi connectivity index (χ0n) is 20.3. The molecule has 38 heavy (non-hydrogen) atoms. The number of hydrogen-bond donors (Lipinski definition) is 0. The number of ether oxygens (including phenoxy) is 2. The summed E-state index contributed by atoms with van der Waals surface area (Å²) in [6.45, 7) is -0.399. The lowest BCUT2D eigenvalue weighted by molar-refractivity contribution is -0.158. The molecule has 1 aliphatic carbocycles. The summed E-state index contributed by atoms with van der Waals surface area (Å²) in [5.74, 6) is -4.47. The molecule has 0 heterocycles. The van der Waals surface area contributed by atoms with E-state index in [-0.39, 0.29) is 16.5 Å². The summed E-state index contributed by atoms with van der Waals surface area (Å²) in [5, 5.41) is 0. The molecule has 4 aromatic carbocycles. The molecule has 0 N–H and O–H groups in total. The van der Waals surface area contributed by atoms with Crippen LogP contribution in [0.15, 0.2) is 124 Å². The molecule has 1 unspecified atom stereocenters. The minimum Gasteiger partial charge on any atom is -0.482 e. The molecule has 0 spiro atoms. The van der Waals surface area contributed by atoms with Crippen LogP contribution in [0.1, 0.15) is 18.4 Å². The van der Waals surface area contributed by atoms with Gasteiger partial charge in [-0.3, -0.25) is 0 Å². The largest absolute Gasteiger partial charge is 0.482 e. The predicted octanol–water partition coefficient (Wildman–Crippen LogP) is 7.37. The third-order valence-corrected chi connectivity index (χ3v) is 8.44. The van der Waals surface area contributed by atoms with E-state index in [2.05, 4.69) is 24.3 Å². The second kappa shape index (κ2) is 11.2. The van der Waals surface area contributed by atoms with Gasteiger partial charge in [-0.25, -0.2) is 18.0 Å². The fraction of sp³-hybridized carbons (Fsp3) is 0.129. The van der Waals surface area contributed by atoms with Crippen LogP contribution >= 0.6 is 0 Å². The van der Waals surface area contributed by atoms with Gasteiger partial charge in [-0.15, -0.1) is 0 Å². The SMILES string of the molecule is O=C(COc1ccc([S+](c2ccccc2)c2ccccc2)cc1)OC1(c2cc(F)c(F)c(F)c2)C=CCC1. The number of hydrogen-bond acceptors (Lipinski definition) is 3. The molecule has 1 atom stereocenters. The van der Waals surface area contributed by atoms with Crippen molar-refractivity contribution in [3.63, 3.8) is 0 Å². The van der Waals surface area contributed by atoms with E-state index in [4.69, 9.17) is 9.47 Å². The smallest absolute Gasteiger partial charge is 0.345 e. The zero-order valence-corrected chi connectivity index (χ0v) is 21.1. The van der Waals surface area contributed by atoms with Crippen molar-refractivity contribution >= 4 is 16.9 Å². The van der Waals surface area contributed by atoms with Crippen molar-refractivity contribution in [3.05, 3.63) is 132 Å². The summed E-state index contributed by atoms with van der Waals surface area (Å²) >= 11 is 0. The topological polar surface area (TPSA) is 35.5 Å². The van der Waals surface area contributed by atoms with E-state index in [1.54, 1.807) is 24.3 Å². The Balaban J connectivity index is 1.29. The molecule has 0 saturated heterocycles. The van der Waals surface area contributed by atoms with Gasteiger partial charge in [-0.05, 0) is 79.6 Å². The first kappa shape index (κ1) is 25.7. The molecule has 0 saturated carbocycles. The molecule has 0 radical (unpaired) electrons. The van der Waals surface area contributed by atoms with Crippen LogP contribution in [-0.4, -0.2) is 12.6 Å². The van der Waals surface area contributed by atoms with Crippen LogP contribution in [0, 0.1) is 17.5 Å². The molecule has 0 aliphatic heterocycles. The highest BCUT2D eigenvalue weighted by molar-refractivity contribution is 7.97. The zero-order chi connectivity index (χ0) is 26.5. The number of allylic oxidation sites excluding steroid dienone is 1. The van der Waals surface area contributed by atoms with Crippen molar-refractivity contribution in [1.82, 2.24) is 0 Å². The Bertz CT molecular complexity index is 1380. The molecule has 5 rings (SSSR count). The molecule has 0 fully saturated rings. The lowest BCUT2D eigenvalue weighted by atomic mass is 9.92. The average Bonchev–Trinajstić information content (AvgIpc) is 3.42. The van der Waals surface area contributed by atoms with Crippen LogP contribution in [0.5, 0.6) is 5.75 Å². The second-order valence-corrected chi connectivity index (χ2v) is 10.8. The first-order valence-corrected chi connectivity index (χ1v) is 13.3. The van der Waals surface area contributed by atoms with Crippen molar-refractivity contribution in [2.45, 2.75) is 33.1 Å². The van der Waals surface area contributed by atoms with Gasteiger partial charge in [0.25, 0.3) is 0 Å². The molecular formula is C31H24F3O3S+. The van der Waals surface area contributed by atoms with E-state index in [9.17, 15) is 18.0 Å². The van der Waals surface area contributed by atoms with Crippen LogP contribution < -0.4 is 4.74 Å². The third-order valence-electron chi connectivity index (χ3n) is 6.21. The van der Waals surface area contributed by atoms with E-state index in [1.807, 2.05) is 48.5 Å².